The van der Waals surface area contributed by atoms with Gasteiger partial charge in [-0.1, -0.05) is 13.3 Å². The van der Waals surface area contributed by atoms with Gasteiger partial charge in [-0.2, -0.15) is 0 Å². The van der Waals surface area contributed by atoms with Crippen molar-refractivity contribution >= 4 is 29.9 Å². The second kappa shape index (κ2) is 14.2. The van der Waals surface area contributed by atoms with E-state index in [1.165, 1.54) is 6.42 Å². The molecule has 1 unspecified atom stereocenters. The highest BCUT2D eigenvalue weighted by Crippen LogP contribution is 2.31. The van der Waals surface area contributed by atoms with Gasteiger partial charge >= 0.3 is 0 Å². The number of nitrogens with zero attached hydrogens (tertiary/aromatic N) is 1. The Balaban J connectivity index is 0.00000484. The number of halogens is 1. The van der Waals surface area contributed by atoms with Gasteiger partial charge in [0.15, 0.2) is 5.96 Å². The average Bonchev–Trinajstić information content (AvgIpc) is 2.98. The van der Waals surface area contributed by atoms with E-state index in [9.17, 15) is 5.11 Å². The normalized spacial score (nSPS) is 21.1. The zero-order chi connectivity index (χ0) is 16.1. The fourth-order valence-electron chi connectivity index (χ4n) is 2.53. The fraction of sp³-hybridized carbons (Fsp3) is 0.938. The molecule has 0 saturated carbocycles. The lowest BCUT2D eigenvalue weighted by Gasteiger charge is -2.27. The van der Waals surface area contributed by atoms with Crippen LogP contribution in [0.2, 0.25) is 0 Å². The van der Waals surface area contributed by atoms with E-state index < -0.39 is 0 Å². The highest BCUT2D eigenvalue weighted by Gasteiger charge is 2.34. The van der Waals surface area contributed by atoms with Crippen LogP contribution < -0.4 is 10.6 Å². The SMILES string of the molecule is CCCCOCCCNC(=NC)NCC1(CCO)CCOC1.I. The van der Waals surface area contributed by atoms with Crippen molar-refractivity contribution in [3.8, 4) is 0 Å². The molecule has 3 N–H and O–H groups in total. The summed E-state index contributed by atoms with van der Waals surface area (Å²) in [6, 6.07) is 0. The van der Waals surface area contributed by atoms with Gasteiger partial charge in [-0.25, -0.2) is 0 Å². The molecule has 1 fully saturated rings. The van der Waals surface area contributed by atoms with Gasteiger partial charge in [-0.05, 0) is 25.7 Å². The number of unbranched alkanes of at least 4 members (excludes halogenated alkanes) is 1. The number of aliphatic hydroxyl groups is 1. The van der Waals surface area contributed by atoms with Crippen molar-refractivity contribution in [3.63, 3.8) is 0 Å². The maximum Gasteiger partial charge on any atom is 0.190 e. The van der Waals surface area contributed by atoms with Crippen LogP contribution in [0.3, 0.4) is 0 Å². The summed E-state index contributed by atoms with van der Waals surface area (Å²) in [5.41, 5.74) is 0.0373. The second-order valence-corrected chi connectivity index (χ2v) is 5.95. The van der Waals surface area contributed by atoms with Crippen molar-refractivity contribution in [1.29, 1.82) is 0 Å². The van der Waals surface area contributed by atoms with Crippen LogP contribution in [0.5, 0.6) is 0 Å². The predicted molar refractivity (Wildman–Crippen MR) is 105 cm³/mol. The molecule has 0 radical (unpaired) electrons. The highest BCUT2D eigenvalue weighted by molar-refractivity contribution is 14.0. The summed E-state index contributed by atoms with van der Waals surface area (Å²) in [7, 11) is 1.77. The van der Waals surface area contributed by atoms with Crippen LogP contribution in [-0.4, -0.2) is 64.2 Å². The summed E-state index contributed by atoms with van der Waals surface area (Å²) < 4.78 is 11.0. The van der Waals surface area contributed by atoms with Crippen LogP contribution in [0, 0.1) is 5.41 Å². The van der Waals surface area contributed by atoms with Crippen LogP contribution in [0.25, 0.3) is 0 Å². The molecule has 0 spiro atoms. The maximum atomic E-state index is 9.23. The van der Waals surface area contributed by atoms with Crippen LogP contribution in [0.15, 0.2) is 4.99 Å². The van der Waals surface area contributed by atoms with Crippen LogP contribution >= 0.6 is 24.0 Å². The van der Waals surface area contributed by atoms with Gasteiger partial charge in [-0.15, -0.1) is 24.0 Å². The minimum Gasteiger partial charge on any atom is -0.396 e. The Labute approximate surface area is 157 Å². The molecule has 0 aromatic rings. The number of hydrogen-bond acceptors (Lipinski definition) is 4. The Bertz CT molecular complexity index is 311. The van der Waals surface area contributed by atoms with E-state index in [4.69, 9.17) is 9.47 Å². The zero-order valence-corrected chi connectivity index (χ0v) is 16.9. The first kappa shape index (κ1) is 22.9. The van der Waals surface area contributed by atoms with Crippen molar-refractivity contribution < 1.29 is 14.6 Å². The molecule has 23 heavy (non-hydrogen) atoms. The quantitative estimate of drug-likeness (QED) is 0.197. The maximum absolute atomic E-state index is 9.23. The Morgan fingerprint density at radius 3 is 2.70 bits per heavy atom. The number of aliphatic hydroxyl groups excluding tert-OH is 1. The molecule has 0 aromatic carbocycles. The first-order valence-electron chi connectivity index (χ1n) is 8.47. The third-order valence-electron chi connectivity index (χ3n) is 4.08. The van der Waals surface area contributed by atoms with E-state index in [1.807, 2.05) is 0 Å². The molecule has 0 aliphatic carbocycles. The standard InChI is InChI=1S/C16H33N3O3.HI/c1-3-4-10-21-11-5-8-18-15(17-2)19-13-16(6-9-20)7-12-22-14-16;/h20H,3-14H2,1-2H3,(H2,17,18,19);1H. The third-order valence-corrected chi connectivity index (χ3v) is 4.08. The molecule has 0 bridgehead atoms. The van der Waals surface area contributed by atoms with Gasteiger partial charge in [0.2, 0.25) is 0 Å². The number of hydrogen-bond donors (Lipinski definition) is 3. The van der Waals surface area contributed by atoms with E-state index in [0.717, 1.165) is 64.6 Å². The Hall–Kier alpha value is -0.120. The number of nitrogens with one attached hydrogen (secondary N) is 2. The van der Waals surface area contributed by atoms with Gasteiger partial charge in [0.25, 0.3) is 0 Å². The van der Waals surface area contributed by atoms with Gasteiger partial charge in [0, 0.05) is 52.0 Å². The monoisotopic (exact) mass is 443 g/mol. The summed E-state index contributed by atoms with van der Waals surface area (Å²) in [6.45, 7) is 7.12. The summed E-state index contributed by atoms with van der Waals surface area (Å²) in [5.74, 6) is 0.803. The average molecular weight is 443 g/mol. The molecule has 0 amide bonds. The van der Waals surface area contributed by atoms with Crippen molar-refractivity contribution in [1.82, 2.24) is 10.6 Å². The fourth-order valence-corrected chi connectivity index (χ4v) is 2.53. The van der Waals surface area contributed by atoms with Gasteiger partial charge in [0.05, 0.1) is 6.61 Å². The topological polar surface area (TPSA) is 75.1 Å². The smallest absolute Gasteiger partial charge is 0.190 e. The molecule has 1 atom stereocenters. The van der Waals surface area contributed by atoms with E-state index in [1.54, 1.807) is 7.05 Å². The number of aliphatic imine (C=N–C) groups is 1. The van der Waals surface area contributed by atoms with Gasteiger partial charge in [-0.3, -0.25) is 4.99 Å². The van der Waals surface area contributed by atoms with Crippen molar-refractivity contribution in [3.05, 3.63) is 0 Å². The van der Waals surface area contributed by atoms with Crippen molar-refractivity contribution in [2.45, 2.75) is 39.0 Å². The van der Waals surface area contributed by atoms with E-state index in [2.05, 4.69) is 22.5 Å². The molecule has 7 heteroatoms. The molecule has 6 nitrogen and oxygen atoms in total. The zero-order valence-electron chi connectivity index (χ0n) is 14.6. The van der Waals surface area contributed by atoms with Gasteiger partial charge in [0.1, 0.15) is 0 Å². The van der Waals surface area contributed by atoms with Crippen LogP contribution in [0.1, 0.15) is 39.0 Å². The van der Waals surface area contributed by atoms with E-state index in [-0.39, 0.29) is 36.0 Å². The Morgan fingerprint density at radius 2 is 2.09 bits per heavy atom. The largest absolute Gasteiger partial charge is 0.396 e. The molecular weight excluding hydrogens is 409 g/mol. The highest BCUT2D eigenvalue weighted by atomic mass is 127. The first-order chi connectivity index (χ1) is 10.8. The van der Waals surface area contributed by atoms with E-state index >= 15 is 0 Å². The summed E-state index contributed by atoms with van der Waals surface area (Å²) in [4.78, 5) is 4.24. The minimum atomic E-state index is 0. The molecule has 1 rings (SSSR count). The summed E-state index contributed by atoms with van der Waals surface area (Å²) >= 11 is 0. The molecule has 1 aliphatic heterocycles. The van der Waals surface area contributed by atoms with Crippen molar-refractivity contribution in [2.75, 3.05) is 53.2 Å². The number of rotatable bonds is 11. The minimum absolute atomic E-state index is 0. The third kappa shape index (κ3) is 9.69. The first-order valence-corrected chi connectivity index (χ1v) is 8.47. The molecule has 0 aromatic heterocycles. The van der Waals surface area contributed by atoms with E-state index in [0.29, 0.717) is 6.61 Å². The molecular formula is C16H34IN3O3. The molecule has 138 valence electrons. The molecule has 1 heterocycles. The lowest BCUT2D eigenvalue weighted by atomic mass is 9.84. The second-order valence-electron chi connectivity index (χ2n) is 5.95. The Morgan fingerprint density at radius 1 is 1.30 bits per heavy atom. The Kier molecular flexibility index (Phi) is 14.2. The summed E-state index contributed by atoms with van der Waals surface area (Å²) in [6.07, 6.45) is 5.03. The van der Waals surface area contributed by atoms with Crippen LogP contribution in [-0.2, 0) is 9.47 Å². The lowest BCUT2D eigenvalue weighted by Crippen LogP contribution is -2.44. The predicted octanol–water partition coefficient (Wildman–Crippen LogP) is 1.77. The van der Waals surface area contributed by atoms with Crippen LogP contribution in [0.4, 0.5) is 0 Å². The number of guanidine groups is 1. The lowest BCUT2D eigenvalue weighted by molar-refractivity contribution is 0.127. The summed E-state index contributed by atoms with van der Waals surface area (Å²) in [5, 5.41) is 15.9. The molecule has 1 saturated heterocycles. The number of ether oxygens (including phenoxy) is 2. The van der Waals surface area contributed by atoms with Gasteiger partial charge < -0.3 is 25.2 Å². The van der Waals surface area contributed by atoms with Crippen molar-refractivity contribution in [2.24, 2.45) is 10.4 Å². The molecule has 1 aliphatic rings.